The Morgan fingerprint density at radius 1 is 1.24 bits per heavy atom. The van der Waals surface area contributed by atoms with Crippen LogP contribution in [-0.4, -0.2) is 29.3 Å². The number of aromatic nitrogens is 3. The fraction of sp³-hybridized carbons (Fsp3) is 0.133. The number of hydrogen-bond donors (Lipinski definition) is 2. The molecular formula is C15H11F4N5O3S2. The Bertz CT molecular complexity index is 1170. The molecule has 0 spiro atoms. The number of primary sulfonamides is 1. The van der Waals surface area contributed by atoms with Gasteiger partial charge in [-0.05, 0) is 30.3 Å². The molecule has 1 amide bonds. The summed E-state index contributed by atoms with van der Waals surface area (Å²) < 4.78 is 76.6. The molecule has 0 aliphatic heterocycles. The highest BCUT2D eigenvalue weighted by molar-refractivity contribution is 7.91. The number of sulfonamides is 1. The molecule has 8 nitrogen and oxygen atoms in total. The Hall–Kier alpha value is -2.84. The van der Waals surface area contributed by atoms with Gasteiger partial charge in [-0.3, -0.25) is 4.79 Å². The molecule has 0 saturated carbocycles. The summed E-state index contributed by atoms with van der Waals surface area (Å²) in [5.41, 5.74) is -2.75. The number of nitrogens with two attached hydrogens (primary N) is 1. The first-order valence-electron chi connectivity index (χ1n) is 7.65. The van der Waals surface area contributed by atoms with Crippen molar-refractivity contribution < 1.29 is 30.8 Å². The van der Waals surface area contributed by atoms with Crippen molar-refractivity contribution in [3.63, 3.8) is 0 Å². The monoisotopic (exact) mass is 449 g/mol. The number of amides is 1. The van der Waals surface area contributed by atoms with E-state index >= 15 is 0 Å². The standard InChI is InChI=1S/C15H11F4N5O3S2/c16-8-2-1-3-9(6-8)24-13(15(17,18)19)12(22-23-24)14(25)21-7-10-4-5-11(28-10)29(20,26)27/h1-6H,7H2,(H,21,25)(H2,20,26,27). The molecule has 2 aromatic heterocycles. The van der Waals surface area contributed by atoms with E-state index < -0.39 is 39.3 Å². The summed E-state index contributed by atoms with van der Waals surface area (Å²) in [7, 11) is -3.93. The maximum Gasteiger partial charge on any atom is 0.435 e. The molecule has 0 radical (unpaired) electrons. The van der Waals surface area contributed by atoms with Gasteiger partial charge in [0.05, 0.1) is 12.2 Å². The number of carbonyl (C=O) groups is 1. The van der Waals surface area contributed by atoms with Crippen molar-refractivity contribution in [1.82, 2.24) is 20.3 Å². The molecule has 2 heterocycles. The third-order valence-corrected chi connectivity index (χ3v) is 6.07. The summed E-state index contributed by atoms with van der Waals surface area (Å²) in [6.07, 6.45) is -5.01. The van der Waals surface area contributed by atoms with Crippen molar-refractivity contribution in [2.24, 2.45) is 5.14 Å². The lowest BCUT2D eigenvalue weighted by atomic mass is 10.2. The summed E-state index contributed by atoms with van der Waals surface area (Å²) in [5, 5.41) is 13.8. The lowest BCUT2D eigenvalue weighted by Crippen LogP contribution is -2.26. The van der Waals surface area contributed by atoms with Crippen molar-refractivity contribution in [1.29, 1.82) is 0 Å². The fourth-order valence-corrected chi connectivity index (χ4v) is 4.05. The van der Waals surface area contributed by atoms with Crippen LogP contribution in [0.2, 0.25) is 0 Å². The summed E-state index contributed by atoms with van der Waals surface area (Å²) >= 11 is 0.758. The van der Waals surface area contributed by atoms with Crippen molar-refractivity contribution in [2.75, 3.05) is 0 Å². The zero-order valence-corrected chi connectivity index (χ0v) is 15.8. The topological polar surface area (TPSA) is 120 Å². The number of benzene rings is 1. The molecule has 14 heteroatoms. The van der Waals surface area contributed by atoms with Gasteiger partial charge in [0, 0.05) is 4.88 Å². The van der Waals surface area contributed by atoms with Gasteiger partial charge in [0.2, 0.25) is 10.0 Å². The summed E-state index contributed by atoms with van der Waals surface area (Å²) in [4.78, 5) is 12.6. The van der Waals surface area contributed by atoms with Crippen LogP contribution in [-0.2, 0) is 22.7 Å². The summed E-state index contributed by atoms with van der Waals surface area (Å²) in [5.74, 6) is -1.98. The Balaban J connectivity index is 1.88. The molecule has 0 aliphatic carbocycles. The molecule has 3 rings (SSSR count). The first-order valence-corrected chi connectivity index (χ1v) is 10.0. The van der Waals surface area contributed by atoms with Gasteiger partial charge in [0.25, 0.3) is 5.91 Å². The maximum absolute atomic E-state index is 13.5. The molecule has 3 N–H and O–H groups in total. The van der Waals surface area contributed by atoms with Crippen LogP contribution in [0.5, 0.6) is 0 Å². The Kier molecular flexibility index (Phi) is 5.42. The van der Waals surface area contributed by atoms with Crippen LogP contribution in [0.15, 0.2) is 40.6 Å². The molecule has 3 aromatic rings. The van der Waals surface area contributed by atoms with E-state index in [2.05, 4.69) is 15.6 Å². The van der Waals surface area contributed by atoms with Gasteiger partial charge in [-0.15, -0.1) is 16.4 Å². The SMILES string of the molecule is NS(=O)(=O)c1ccc(CNC(=O)c2nnn(-c3cccc(F)c3)c2C(F)(F)F)s1. The summed E-state index contributed by atoms with van der Waals surface area (Å²) in [6.45, 7) is -0.261. The zero-order chi connectivity index (χ0) is 21.4. The minimum atomic E-state index is -5.01. The third kappa shape index (κ3) is 4.60. The molecule has 0 bridgehead atoms. The number of alkyl halides is 3. The minimum absolute atomic E-state index is 0.158. The van der Waals surface area contributed by atoms with Crippen LogP contribution >= 0.6 is 11.3 Å². The van der Waals surface area contributed by atoms with Gasteiger partial charge >= 0.3 is 6.18 Å². The van der Waals surface area contributed by atoms with Gasteiger partial charge in [0.15, 0.2) is 11.4 Å². The number of halogens is 4. The highest BCUT2D eigenvalue weighted by atomic mass is 32.2. The van der Waals surface area contributed by atoms with Crippen molar-refractivity contribution >= 4 is 27.3 Å². The molecule has 0 atom stereocenters. The quantitative estimate of drug-likeness (QED) is 0.578. The zero-order valence-electron chi connectivity index (χ0n) is 14.1. The number of nitrogens with one attached hydrogen (secondary N) is 1. The highest BCUT2D eigenvalue weighted by Crippen LogP contribution is 2.33. The number of rotatable bonds is 5. The number of carbonyl (C=O) groups excluding carboxylic acids is 1. The second-order valence-electron chi connectivity index (χ2n) is 5.62. The molecule has 0 fully saturated rings. The van der Waals surface area contributed by atoms with Gasteiger partial charge < -0.3 is 5.32 Å². The van der Waals surface area contributed by atoms with Crippen LogP contribution < -0.4 is 10.5 Å². The van der Waals surface area contributed by atoms with E-state index in [0.717, 1.165) is 23.5 Å². The van der Waals surface area contributed by atoms with E-state index in [0.29, 0.717) is 9.56 Å². The van der Waals surface area contributed by atoms with Crippen molar-refractivity contribution in [3.05, 3.63) is 58.5 Å². The number of hydrogen-bond acceptors (Lipinski definition) is 6. The molecule has 1 aromatic carbocycles. The molecule has 0 aliphatic rings. The first kappa shape index (κ1) is 20.9. The second-order valence-corrected chi connectivity index (χ2v) is 8.58. The highest BCUT2D eigenvalue weighted by Gasteiger charge is 2.42. The largest absolute Gasteiger partial charge is 0.435 e. The van der Waals surface area contributed by atoms with Crippen LogP contribution in [0.1, 0.15) is 21.1 Å². The van der Waals surface area contributed by atoms with Crippen LogP contribution in [0.25, 0.3) is 5.69 Å². The van der Waals surface area contributed by atoms with Gasteiger partial charge in [-0.1, -0.05) is 11.3 Å². The van der Waals surface area contributed by atoms with E-state index in [-0.39, 0.29) is 16.4 Å². The van der Waals surface area contributed by atoms with Crippen molar-refractivity contribution in [2.45, 2.75) is 16.9 Å². The normalized spacial score (nSPS) is 12.2. The molecule has 154 valence electrons. The smallest absolute Gasteiger partial charge is 0.346 e. The van der Waals surface area contributed by atoms with Crippen LogP contribution in [0, 0.1) is 5.82 Å². The molecule has 0 saturated heterocycles. The Morgan fingerprint density at radius 2 is 1.97 bits per heavy atom. The fourth-order valence-electron chi connectivity index (χ4n) is 2.34. The van der Waals surface area contributed by atoms with Gasteiger partial charge in [-0.25, -0.2) is 22.6 Å². The van der Waals surface area contributed by atoms with E-state index in [9.17, 15) is 30.8 Å². The first-order chi connectivity index (χ1) is 13.5. The van der Waals surface area contributed by atoms with Gasteiger partial charge in [0.1, 0.15) is 10.0 Å². The maximum atomic E-state index is 13.5. The minimum Gasteiger partial charge on any atom is -0.346 e. The average molecular weight is 449 g/mol. The van der Waals surface area contributed by atoms with E-state index in [4.69, 9.17) is 5.14 Å². The Morgan fingerprint density at radius 3 is 2.55 bits per heavy atom. The third-order valence-electron chi connectivity index (χ3n) is 3.55. The Labute approximate surface area is 165 Å². The molecular weight excluding hydrogens is 438 g/mol. The number of nitrogens with zero attached hydrogens (tertiary/aromatic N) is 3. The van der Waals surface area contributed by atoms with E-state index in [1.807, 2.05) is 0 Å². The van der Waals surface area contributed by atoms with Crippen LogP contribution in [0.4, 0.5) is 17.6 Å². The predicted molar refractivity (Wildman–Crippen MR) is 93.2 cm³/mol. The van der Waals surface area contributed by atoms with E-state index in [1.165, 1.54) is 24.3 Å². The lowest BCUT2D eigenvalue weighted by molar-refractivity contribution is -0.143. The second kappa shape index (κ2) is 7.53. The summed E-state index contributed by atoms with van der Waals surface area (Å²) in [6, 6.07) is 6.78. The van der Waals surface area contributed by atoms with E-state index in [1.54, 1.807) is 0 Å². The number of thiophene rings is 1. The van der Waals surface area contributed by atoms with Gasteiger partial charge in [-0.2, -0.15) is 13.2 Å². The molecule has 0 unspecified atom stereocenters. The average Bonchev–Trinajstić information content (AvgIpc) is 3.26. The predicted octanol–water partition coefficient (Wildman–Crippen LogP) is 2.06. The lowest BCUT2D eigenvalue weighted by Gasteiger charge is -2.11. The van der Waals surface area contributed by atoms with Crippen molar-refractivity contribution in [3.8, 4) is 5.69 Å². The van der Waals surface area contributed by atoms with Crippen LogP contribution in [0.3, 0.4) is 0 Å². The molecule has 29 heavy (non-hydrogen) atoms.